The number of benzene rings is 2. The summed E-state index contributed by atoms with van der Waals surface area (Å²) >= 11 is 9.17. The average Bonchev–Trinajstić information content (AvgIpc) is 2.84. The van der Waals surface area contributed by atoms with Gasteiger partial charge in [0.2, 0.25) is 0 Å². The van der Waals surface area contributed by atoms with Crippen LogP contribution in [-0.2, 0) is 4.79 Å². The summed E-state index contributed by atoms with van der Waals surface area (Å²) in [5, 5.41) is 3.42. The van der Waals surface area contributed by atoms with Gasteiger partial charge in [-0.3, -0.25) is 14.5 Å². The molecule has 0 atom stereocenters. The van der Waals surface area contributed by atoms with E-state index in [0.717, 1.165) is 32.1 Å². The number of anilines is 1. The summed E-state index contributed by atoms with van der Waals surface area (Å²) in [5.41, 5.74) is 2.68. The average molecular weight is 485 g/mol. The Labute approximate surface area is 168 Å². The van der Waals surface area contributed by atoms with Crippen LogP contribution in [0.3, 0.4) is 0 Å². The van der Waals surface area contributed by atoms with Gasteiger partial charge >= 0.3 is 0 Å². The number of hydrogen-bond donors (Lipinski definition) is 1. The Bertz CT molecular complexity index is 868. The first kappa shape index (κ1) is 18.3. The molecule has 2 amide bonds. The Morgan fingerprint density at radius 1 is 1.20 bits per heavy atom. The van der Waals surface area contributed by atoms with Gasteiger partial charge in [-0.15, -0.1) is 0 Å². The molecule has 0 spiro atoms. The molecule has 0 unspecified atom stereocenters. The SMILES string of the molecule is Cc1ccc(Cl)cc1NCN1C(=O)S/C(=C\c2ccc(I)cc2)C1=O. The van der Waals surface area contributed by atoms with Crippen molar-refractivity contribution < 1.29 is 9.59 Å². The molecule has 1 saturated heterocycles. The van der Waals surface area contributed by atoms with Crippen LogP contribution >= 0.6 is 46.0 Å². The van der Waals surface area contributed by atoms with E-state index in [4.69, 9.17) is 11.6 Å². The first-order chi connectivity index (χ1) is 11.9. The van der Waals surface area contributed by atoms with Crippen LogP contribution in [0.15, 0.2) is 47.4 Å². The minimum atomic E-state index is -0.291. The van der Waals surface area contributed by atoms with Gasteiger partial charge in [0.15, 0.2) is 0 Å². The molecule has 4 nitrogen and oxygen atoms in total. The number of nitrogens with one attached hydrogen (secondary N) is 1. The fraction of sp³-hybridized carbons (Fsp3) is 0.111. The maximum absolute atomic E-state index is 12.5. The van der Waals surface area contributed by atoms with Crippen molar-refractivity contribution in [1.82, 2.24) is 4.90 Å². The molecule has 25 heavy (non-hydrogen) atoms. The number of carbonyl (C=O) groups excluding carboxylic acids is 2. The first-order valence-corrected chi connectivity index (χ1v) is 9.72. The largest absolute Gasteiger partial charge is 0.367 e. The van der Waals surface area contributed by atoms with Gasteiger partial charge in [-0.2, -0.15) is 0 Å². The van der Waals surface area contributed by atoms with Gasteiger partial charge < -0.3 is 5.32 Å². The molecule has 1 fully saturated rings. The number of imide groups is 1. The molecule has 7 heteroatoms. The third-order valence-electron chi connectivity index (χ3n) is 3.67. The summed E-state index contributed by atoms with van der Waals surface area (Å²) in [6.45, 7) is 2.04. The fourth-order valence-electron chi connectivity index (χ4n) is 2.30. The monoisotopic (exact) mass is 484 g/mol. The van der Waals surface area contributed by atoms with E-state index in [9.17, 15) is 9.59 Å². The minimum Gasteiger partial charge on any atom is -0.367 e. The lowest BCUT2D eigenvalue weighted by atomic mass is 10.2. The van der Waals surface area contributed by atoms with Crippen molar-refractivity contribution in [3.05, 3.63) is 67.1 Å². The molecular formula is C18H14ClIN2O2S. The molecule has 1 heterocycles. The van der Waals surface area contributed by atoms with Gasteiger partial charge in [-0.25, -0.2) is 0 Å². The Kier molecular flexibility index (Phi) is 5.71. The molecule has 0 bridgehead atoms. The predicted octanol–water partition coefficient (Wildman–Crippen LogP) is 5.36. The summed E-state index contributed by atoms with van der Waals surface area (Å²) < 4.78 is 1.11. The topological polar surface area (TPSA) is 49.4 Å². The van der Waals surface area contributed by atoms with Gasteiger partial charge in [-0.05, 0) is 82.7 Å². The van der Waals surface area contributed by atoms with Crippen LogP contribution in [0, 0.1) is 10.5 Å². The molecule has 3 rings (SSSR count). The number of thioether (sulfide) groups is 1. The number of aryl methyl sites for hydroxylation is 1. The van der Waals surface area contributed by atoms with Crippen molar-refractivity contribution in [2.45, 2.75) is 6.92 Å². The van der Waals surface area contributed by atoms with Crippen LogP contribution in [0.2, 0.25) is 5.02 Å². The highest BCUT2D eigenvalue weighted by Gasteiger charge is 2.34. The first-order valence-electron chi connectivity index (χ1n) is 7.45. The molecule has 1 aliphatic rings. The van der Waals surface area contributed by atoms with E-state index in [2.05, 4.69) is 27.9 Å². The van der Waals surface area contributed by atoms with E-state index < -0.39 is 0 Å². The molecule has 2 aromatic rings. The molecule has 0 aromatic heterocycles. The maximum Gasteiger partial charge on any atom is 0.295 e. The van der Waals surface area contributed by atoms with Crippen LogP contribution in [0.1, 0.15) is 11.1 Å². The highest BCUT2D eigenvalue weighted by atomic mass is 127. The summed E-state index contributed by atoms with van der Waals surface area (Å²) in [7, 11) is 0. The zero-order valence-corrected chi connectivity index (χ0v) is 17.0. The summed E-state index contributed by atoms with van der Waals surface area (Å²) in [6, 6.07) is 13.2. The van der Waals surface area contributed by atoms with Gasteiger partial charge in [0.05, 0.1) is 11.6 Å². The van der Waals surface area contributed by atoms with E-state index >= 15 is 0 Å². The summed E-state index contributed by atoms with van der Waals surface area (Å²) in [4.78, 5) is 26.3. The molecule has 128 valence electrons. The van der Waals surface area contributed by atoms with Crippen LogP contribution in [0.4, 0.5) is 10.5 Å². The second-order valence-corrected chi connectivity index (χ2v) is 8.13. The Hall–Kier alpha value is -1.51. The Balaban J connectivity index is 1.73. The number of nitrogens with zero attached hydrogens (tertiary/aromatic N) is 1. The molecular weight excluding hydrogens is 471 g/mol. The number of amides is 2. The van der Waals surface area contributed by atoms with Crippen molar-refractivity contribution in [3.8, 4) is 0 Å². The third-order valence-corrected chi connectivity index (χ3v) is 5.53. The van der Waals surface area contributed by atoms with Crippen molar-refractivity contribution in [1.29, 1.82) is 0 Å². The summed E-state index contributed by atoms with van der Waals surface area (Å²) in [6.07, 6.45) is 1.74. The fourth-order valence-corrected chi connectivity index (χ4v) is 3.67. The highest BCUT2D eigenvalue weighted by molar-refractivity contribution is 14.1. The standard InChI is InChI=1S/C18H14ClIN2O2S/c1-11-2-5-13(19)9-15(11)21-10-22-17(23)16(25-18(22)24)8-12-3-6-14(20)7-4-12/h2-9,21H,10H2,1H3/b16-8-. The molecule has 2 aromatic carbocycles. The van der Waals surface area contributed by atoms with E-state index in [1.54, 1.807) is 18.2 Å². The van der Waals surface area contributed by atoms with Gasteiger partial charge in [0.1, 0.15) is 0 Å². The van der Waals surface area contributed by atoms with E-state index in [1.807, 2.05) is 37.3 Å². The van der Waals surface area contributed by atoms with E-state index in [1.165, 1.54) is 4.90 Å². The third kappa shape index (κ3) is 4.37. The second-order valence-electron chi connectivity index (χ2n) is 5.46. The van der Waals surface area contributed by atoms with E-state index in [-0.39, 0.29) is 17.8 Å². The Morgan fingerprint density at radius 3 is 2.64 bits per heavy atom. The molecule has 0 radical (unpaired) electrons. The molecule has 1 aliphatic heterocycles. The smallest absolute Gasteiger partial charge is 0.295 e. The second kappa shape index (κ2) is 7.80. The quantitative estimate of drug-likeness (QED) is 0.469. The van der Waals surface area contributed by atoms with Crippen LogP contribution in [0.5, 0.6) is 0 Å². The number of rotatable bonds is 4. The van der Waals surface area contributed by atoms with Gasteiger partial charge in [0.25, 0.3) is 11.1 Å². The van der Waals surface area contributed by atoms with Gasteiger partial charge in [0, 0.05) is 14.3 Å². The van der Waals surface area contributed by atoms with Crippen molar-refractivity contribution in [2.24, 2.45) is 0 Å². The van der Waals surface area contributed by atoms with Crippen molar-refractivity contribution in [3.63, 3.8) is 0 Å². The lowest BCUT2D eigenvalue weighted by Gasteiger charge is -2.16. The Morgan fingerprint density at radius 2 is 1.92 bits per heavy atom. The van der Waals surface area contributed by atoms with Crippen molar-refractivity contribution in [2.75, 3.05) is 12.0 Å². The van der Waals surface area contributed by atoms with Crippen LogP contribution < -0.4 is 5.32 Å². The lowest BCUT2D eigenvalue weighted by molar-refractivity contribution is -0.122. The van der Waals surface area contributed by atoms with Crippen molar-refractivity contribution >= 4 is 68.9 Å². The van der Waals surface area contributed by atoms with Gasteiger partial charge in [-0.1, -0.05) is 29.8 Å². The molecule has 0 saturated carbocycles. The summed E-state index contributed by atoms with van der Waals surface area (Å²) in [5.74, 6) is -0.291. The number of carbonyl (C=O) groups is 2. The molecule has 0 aliphatic carbocycles. The number of hydrogen-bond acceptors (Lipinski definition) is 4. The van der Waals surface area contributed by atoms with Crippen LogP contribution in [-0.4, -0.2) is 22.7 Å². The lowest BCUT2D eigenvalue weighted by Crippen LogP contribution is -2.33. The number of halogens is 2. The zero-order chi connectivity index (χ0) is 18.0. The van der Waals surface area contributed by atoms with Crippen LogP contribution in [0.25, 0.3) is 6.08 Å². The van der Waals surface area contributed by atoms with E-state index in [0.29, 0.717) is 9.93 Å². The highest BCUT2D eigenvalue weighted by Crippen LogP contribution is 2.32. The minimum absolute atomic E-state index is 0.107. The molecule has 1 N–H and O–H groups in total. The normalized spacial score (nSPS) is 16.0. The maximum atomic E-state index is 12.5. The zero-order valence-electron chi connectivity index (χ0n) is 13.3. The predicted molar refractivity (Wildman–Crippen MR) is 112 cm³/mol.